The molecule has 3 aromatic carbocycles. The second-order valence-electron chi connectivity index (χ2n) is 16.8. The van der Waals surface area contributed by atoms with Crippen molar-refractivity contribution in [2.24, 2.45) is 0 Å². The van der Waals surface area contributed by atoms with Gasteiger partial charge in [-0.1, -0.05) is 69.9 Å². The molecule has 4 aromatic rings. The fourth-order valence-corrected chi connectivity index (χ4v) is 8.47. The Balaban J connectivity index is 0.773. The Kier molecular flexibility index (Phi) is 16.9. The molecule has 338 valence electrons. The van der Waals surface area contributed by atoms with Gasteiger partial charge in [-0.2, -0.15) is 0 Å². The van der Waals surface area contributed by atoms with Crippen LogP contribution in [0.4, 0.5) is 11.5 Å². The minimum absolute atomic E-state index is 0.150. The summed E-state index contributed by atoms with van der Waals surface area (Å²) >= 11 is 0. The number of nitrogens with one attached hydrogen (secondary N) is 3. The Bertz CT molecular complexity index is 2110. The van der Waals surface area contributed by atoms with E-state index in [1.165, 1.54) is 35.7 Å². The Morgan fingerprint density at radius 1 is 0.758 bits per heavy atom. The van der Waals surface area contributed by atoms with E-state index >= 15 is 0 Å². The summed E-state index contributed by atoms with van der Waals surface area (Å²) in [6.07, 6.45) is 9.52. The van der Waals surface area contributed by atoms with Gasteiger partial charge in [0, 0.05) is 42.0 Å². The second kappa shape index (κ2) is 22.3. The molecule has 7 N–H and O–H groups in total. The molecule has 1 fully saturated rings. The van der Waals surface area contributed by atoms with Crippen molar-refractivity contribution in [2.75, 3.05) is 42.7 Å². The lowest BCUT2D eigenvalue weighted by molar-refractivity contribution is -0.159. The van der Waals surface area contributed by atoms with Gasteiger partial charge in [-0.3, -0.25) is 15.0 Å². The highest BCUT2D eigenvalue weighted by molar-refractivity contribution is 7.92. The number of piperidine rings is 1. The first-order chi connectivity index (χ1) is 29.8. The molecule has 62 heavy (non-hydrogen) atoms. The summed E-state index contributed by atoms with van der Waals surface area (Å²) in [5.74, 6) is 1.69. The van der Waals surface area contributed by atoms with E-state index in [4.69, 9.17) is 14.2 Å². The molecule has 0 amide bonds. The van der Waals surface area contributed by atoms with Crippen LogP contribution < -0.4 is 24.8 Å². The van der Waals surface area contributed by atoms with Crippen LogP contribution in [0.15, 0.2) is 79.1 Å². The average molecular weight is 877 g/mol. The lowest BCUT2D eigenvalue weighted by Crippen LogP contribution is -2.57. The van der Waals surface area contributed by atoms with E-state index in [-0.39, 0.29) is 17.8 Å². The maximum Gasteiger partial charge on any atom is 0.231 e. The van der Waals surface area contributed by atoms with E-state index in [9.17, 15) is 28.8 Å². The van der Waals surface area contributed by atoms with Crippen molar-refractivity contribution in [3.63, 3.8) is 0 Å². The summed E-state index contributed by atoms with van der Waals surface area (Å²) < 4.78 is 43.1. The van der Waals surface area contributed by atoms with E-state index in [0.717, 1.165) is 81.5 Å². The van der Waals surface area contributed by atoms with Gasteiger partial charge >= 0.3 is 0 Å². The maximum atomic E-state index is 11.5. The number of unbranched alkanes of at least 4 members (excludes halogenated alkanes) is 6. The fourth-order valence-electron chi connectivity index (χ4n) is 7.99. The van der Waals surface area contributed by atoms with Crippen molar-refractivity contribution >= 4 is 21.5 Å². The molecule has 1 aromatic heterocycles. The van der Waals surface area contributed by atoms with E-state index in [1.807, 2.05) is 54.6 Å². The molecule has 15 nitrogen and oxygen atoms in total. The summed E-state index contributed by atoms with van der Waals surface area (Å²) in [6, 6.07) is 21.3. The van der Waals surface area contributed by atoms with Crippen molar-refractivity contribution in [2.45, 2.75) is 121 Å². The third-order valence-electron chi connectivity index (χ3n) is 11.6. The van der Waals surface area contributed by atoms with Gasteiger partial charge in [-0.05, 0) is 86.1 Å². The zero-order valence-corrected chi connectivity index (χ0v) is 36.9. The minimum Gasteiger partial charge on any atom is -0.494 e. The quantitative estimate of drug-likeness (QED) is 0.0399. The number of ether oxygens (including phenoxy) is 3. The molecule has 6 rings (SSSR count). The third kappa shape index (κ3) is 13.3. The highest BCUT2D eigenvalue weighted by Gasteiger charge is 2.44. The van der Waals surface area contributed by atoms with Gasteiger partial charge in [0.15, 0.2) is 5.82 Å². The van der Waals surface area contributed by atoms with Crippen LogP contribution in [0.2, 0.25) is 0 Å². The lowest BCUT2D eigenvalue weighted by Gasteiger charge is -2.40. The largest absolute Gasteiger partial charge is 0.494 e. The number of rotatable bonds is 24. The van der Waals surface area contributed by atoms with Gasteiger partial charge in [0.1, 0.15) is 43.0 Å². The van der Waals surface area contributed by atoms with Gasteiger partial charge in [-0.25, -0.2) is 18.3 Å². The molecule has 0 bridgehead atoms. The number of hydrogen-bond acceptors (Lipinski definition) is 14. The molecule has 2 aliphatic rings. The minimum atomic E-state index is -3.45. The zero-order valence-electron chi connectivity index (χ0n) is 36.1. The monoisotopic (exact) mass is 876 g/mol. The molecular weight excluding hydrogens is 813 g/mol. The van der Waals surface area contributed by atoms with E-state index in [2.05, 4.69) is 51.3 Å². The molecular formula is C46H64N6O9S. The molecule has 0 saturated carbocycles. The predicted octanol–water partition coefficient (Wildman–Crippen LogP) is 6.07. The maximum absolute atomic E-state index is 11.5. The van der Waals surface area contributed by atoms with Crippen LogP contribution in [0.5, 0.6) is 11.5 Å². The number of anilines is 2. The third-order valence-corrected chi connectivity index (χ3v) is 12.1. The lowest BCUT2D eigenvalue weighted by atomic mass is 9.78. The number of benzene rings is 3. The molecule has 5 unspecified atom stereocenters. The van der Waals surface area contributed by atoms with Crippen LogP contribution in [0, 0.1) is 0 Å². The predicted molar refractivity (Wildman–Crippen MR) is 238 cm³/mol. The van der Waals surface area contributed by atoms with Crippen LogP contribution in [-0.4, -0.2) is 94.8 Å². The van der Waals surface area contributed by atoms with Gasteiger partial charge in [0.25, 0.3) is 0 Å². The Morgan fingerprint density at radius 3 is 2.03 bits per heavy atom. The molecule has 2 aliphatic heterocycles. The summed E-state index contributed by atoms with van der Waals surface area (Å²) in [5.41, 5.74) is 4.70. The topological polar surface area (TPSA) is 208 Å². The SMILES string of the molecule is CC(C)(c1ccc(OCCCCCCCCOCCCCNc2ccc3c(c2)C(O)N(C2CCC(O)NC2O)C3O)cc1)c1ccc(OCc2cncc(NS(C)(=O)=O)n2)cc1. The first-order valence-electron chi connectivity index (χ1n) is 21.7. The van der Waals surface area contributed by atoms with Crippen LogP contribution in [0.25, 0.3) is 0 Å². The fraction of sp³-hybridized carbons (Fsp3) is 0.522. The molecule has 3 heterocycles. The van der Waals surface area contributed by atoms with Crippen molar-refractivity contribution in [1.82, 2.24) is 20.2 Å². The van der Waals surface area contributed by atoms with Gasteiger partial charge < -0.3 is 40.0 Å². The molecule has 0 radical (unpaired) electrons. The smallest absolute Gasteiger partial charge is 0.231 e. The standard InChI is InChI=1S/C46H64N6O9S/c1-46(2,33-14-19-37(20-15-33)61-31-35-29-47-30-41(49-35)51-62(3,57)58)32-12-17-36(18-13-32)60-27-10-7-5-4-6-9-25-59-26-11-8-24-48-34-16-21-38-39(28-34)45(56)52(44(38)55)40-22-23-42(53)50-43(40)54/h12-21,28-30,40,42-45,48,50,53-56H,4-11,22-27,31H2,1-3H3,(H,49,51). The number of aliphatic hydroxyl groups excluding tert-OH is 4. The number of nitrogens with zero attached hydrogens (tertiary/aromatic N) is 3. The number of aliphatic hydroxyl groups is 4. The Hall–Kier alpha value is -4.39. The number of fused-ring (bicyclic) bond motifs is 1. The average Bonchev–Trinajstić information content (AvgIpc) is 3.49. The van der Waals surface area contributed by atoms with Gasteiger partial charge in [0.05, 0.1) is 37.0 Å². The van der Waals surface area contributed by atoms with Crippen molar-refractivity contribution in [3.05, 3.63) is 107 Å². The van der Waals surface area contributed by atoms with Crippen molar-refractivity contribution in [3.8, 4) is 11.5 Å². The number of aromatic nitrogens is 2. The van der Waals surface area contributed by atoms with E-state index in [0.29, 0.717) is 42.0 Å². The summed E-state index contributed by atoms with van der Waals surface area (Å²) in [5, 5.41) is 48.2. The summed E-state index contributed by atoms with van der Waals surface area (Å²) in [6.45, 7) is 7.48. The van der Waals surface area contributed by atoms with Gasteiger partial charge in [-0.15, -0.1) is 0 Å². The Labute approximate surface area is 365 Å². The number of sulfonamides is 1. The summed E-state index contributed by atoms with van der Waals surface area (Å²) in [7, 11) is -3.45. The zero-order chi connectivity index (χ0) is 44.1. The van der Waals surface area contributed by atoms with Gasteiger partial charge in [0.2, 0.25) is 10.0 Å². The molecule has 5 atom stereocenters. The number of hydrogen-bond donors (Lipinski definition) is 7. The highest BCUT2D eigenvalue weighted by Crippen LogP contribution is 2.43. The molecule has 16 heteroatoms. The van der Waals surface area contributed by atoms with Crippen molar-refractivity contribution in [1.29, 1.82) is 0 Å². The van der Waals surface area contributed by atoms with Crippen LogP contribution in [-0.2, 0) is 26.8 Å². The Morgan fingerprint density at radius 2 is 1.37 bits per heavy atom. The molecule has 0 spiro atoms. The van der Waals surface area contributed by atoms with Crippen LogP contribution in [0.1, 0.15) is 118 Å². The van der Waals surface area contributed by atoms with Crippen molar-refractivity contribution < 1.29 is 43.1 Å². The van der Waals surface area contributed by atoms with Crippen LogP contribution >= 0.6 is 0 Å². The highest BCUT2D eigenvalue weighted by atomic mass is 32.2. The van der Waals surface area contributed by atoms with E-state index < -0.39 is 41.0 Å². The molecule has 1 saturated heterocycles. The van der Waals surface area contributed by atoms with Crippen LogP contribution in [0.3, 0.4) is 0 Å². The first-order valence-corrected chi connectivity index (χ1v) is 23.6. The first kappa shape index (κ1) is 47.1. The second-order valence-corrected chi connectivity index (χ2v) is 18.5. The normalized spacial score (nSPS) is 20.5. The molecule has 0 aliphatic carbocycles. The van der Waals surface area contributed by atoms with E-state index in [1.54, 1.807) is 0 Å². The summed E-state index contributed by atoms with van der Waals surface area (Å²) in [4.78, 5) is 9.79.